The monoisotopic (exact) mass is 401 g/mol. The van der Waals surface area contributed by atoms with Crippen molar-refractivity contribution in [3.8, 4) is 11.4 Å². The van der Waals surface area contributed by atoms with E-state index in [4.69, 9.17) is 8.92 Å². The van der Waals surface area contributed by atoms with E-state index in [1.807, 2.05) is 20.8 Å². The maximum absolute atomic E-state index is 13.0. The van der Waals surface area contributed by atoms with E-state index in [-0.39, 0.29) is 28.7 Å². The Labute approximate surface area is 162 Å². The van der Waals surface area contributed by atoms with Gasteiger partial charge in [-0.25, -0.2) is 14.5 Å². The van der Waals surface area contributed by atoms with Crippen molar-refractivity contribution in [1.82, 2.24) is 14.8 Å². The molecule has 0 saturated heterocycles. The number of ether oxygens (including phenoxy) is 1. The fraction of sp³-hybridized carbons (Fsp3) is 0.316. The van der Waals surface area contributed by atoms with E-state index < -0.39 is 16.1 Å². The van der Waals surface area contributed by atoms with Crippen LogP contribution in [0.1, 0.15) is 48.3 Å². The molecule has 4 bridgehead atoms. The van der Waals surface area contributed by atoms with Crippen LogP contribution < -0.4 is 4.18 Å². The summed E-state index contributed by atoms with van der Waals surface area (Å²) in [5.41, 5.74) is 2.19. The molecule has 0 unspecified atom stereocenters. The summed E-state index contributed by atoms with van der Waals surface area (Å²) in [6.07, 6.45) is 1.23. The molecule has 0 saturated carbocycles. The van der Waals surface area contributed by atoms with E-state index in [9.17, 15) is 13.2 Å². The molecule has 4 heterocycles. The highest BCUT2D eigenvalue weighted by Gasteiger charge is 2.33. The van der Waals surface area contributed by atoms with Gasteiger partial charge in [0.1, 0.15) is 10.5 Å². The van der Waals surface area contributed by atoms with Gasteiger partial charge in [0.25, 0.3) is 0 Å². The second-order valence-electron chi connectivity index (χ2n) is 6.88. The predicted molar refractivity (Wildman–Crippen MR) is 101 cm³/mol. The summed E-state index contributed by atoms with van der Waals surface area (Å²) >= 11 is 0. The number of nitrogens with zero attached hydrogens (tertiary/aromatic N) is 3. The minimum atomic E-state index is -4.21. The van der Waals surface area contributed by atoms with E-state index in [0.717, 1.165) is 5.56 Å². The number of hydrogen-bond donors (Lipinski definition) is 0. The molecule has 0 N–H and O–H groups in total. The zero-order chi connectivity index (χ0) is 20.2. The Hall–Kier alpha value is -2.94. The third-order valence-electron chi connectivity index (χ3n) is 4.53. The molecule has 0 spiro atoms. The average molecular weight is 401 g/mol. The number of rotatable bonds is 3. The van der Waals surface area contributed by atoms with Crippen LogP contribution >= 0.6 is 0 Å². The minimum Gasteiger partial charge on any atom is -0.462 e. The lowest BCUT2D eigenvalue weighted by molar-refractivity contribution is 0.0526. The molecule has 0 amide bonds. The number of esters is 1. The topological polar surface area (TPSA) is 100 Å². The van der Waals surface area contributed by atoms with Gasteiger partial charge in [0.05, 0.1) is 29.6 Å². The van der Waals surface area contributed by atoms with Crippen LogP contribution in [0.15, 0.2) is 29.3 Å². The SMILES string of the molecule is CCOC(=O)c1c2cnc3c1c(C(C)C)nn3-c1cc(C)ccc1S(=O)(=O)O2. The number of aromatic nitrogens is 3. The molecule has 2 aliphatic rings. The molecule has 9 heteroatoms. The van der Waals surface area contributed by atoms with Gasteiger partial charge in [-0.15, -0.1) is 0 Å². The molecule has 146 valence electrons. The molecule has 0 aliphatic carbocycles. The summed E-state index contributed by atoms with van der Waals surface area (Å²) in [5, 5.41) is 5.07. The second kappa shape index (κ2) is 6.30. The Morgan fingerprint density at radius 2 is 2.07 bits per heavy atom. The molecule has 3 aromatic rings. The van der Waals surface area contributed by atoms with E-state index in [0.29, 0.717) is 22.4 Å². The first-order valence-electron chi connectivity index (χ1n) is 8.88. The summed E-state index contributed by atoms with van der Waals surface area (Å²) in [6.45, 7) is 7.55. The fourth-order valence-corrected chi connectivity index (χ4v) is 4.39. The van der Waals surface area contributed by atoms with Gasteiger partial charge in [0, 0.05) is 0 Å². The van der Waals surface area contributed by atoms with Gasteiger partial charge in [0.15, 0.2) is 11.4 Å². The van der Waals surface area contributed by atoms with Crippen molar-refractivity contribution in [1.29, 1.82) is 0 Å². The maximum Gasteiger partial charge on any atom is 0.342 e. The van der Waals surface area contributed by atoms with Crippen molar-refractivity contribution in [3.05, 3.63) is 41.2 Å². The highest BCUT2D eigenvalue weighted by Crippen LogP contribution is 2.38. The molecule has 2 aliphatic heterocycles. The zero-order valence-electron chi connectivity index (χ0n) is 15.9. The Balaban J connectivity index is 2.21. The van der Waals surface area contributed by atoms with Crippen LogP contribution in [0.4, 0.5) is 0 Å². The summed E-state index contributed by atoms with van der Waals surface area (Å²) in [5.74, 6) is -0.886. The van der Waals surface area contributed by atoms with Gasteiger partial charge in [-0.1, -0.05) is 19.9 Å². The highest BCUT2D eigenvalue weighted by molar-refractivity contribution is 7.87. The van der Waals surface area contributed by atoms with Crippen LogP contribution in [0, 0.1) is 6.92 Å². The van der Waals surface area contributed by atoms with Gasteiger partial charge < -0.3 is 8.92 Å². The van der Waals surface area contributed by atoms with Crippen LogP contribution in [-0.4, -0.2) is 35.8 Å². The first-order valence-corrected chi connectivity index (χ1v) is 10.3. The van der Waals surface area contributed by atoms with Gasteiger partial charge in [-0.05, 0) is 37.5 Å². The van der Waals surface area contributed by atoms with Crippen LogP contribution in [0.2, 0.25) is 0 Å². The normalized spacial score (nSPS) is 14.5. The largest absolute Gasteiger partial charge is 0.462 e. The van der Waals surface area contributed by atoms with E-state index in [1.165, 1.54) is 16.9 Å². The molecule has 28 heavy (non-hydrogen) atoms. The van der Waals surface area contributed by atoms with E-state index in [1.54, 1.807) is 19.1 Å². The Morgan fingerprint density at radius 3 is 2.75 bits per heavy atom. The first kappa shape index (κ1) is 18.4. The van der Waals surface area contributed by atoms with Gasteiger partial charge in [-0.3, -0.25) is 0 Å². The van der Waals surface area contributed by atoms with Crippen LogP contribution in [-0.2, 0) is 14.9 Å². The molecule has 5 rings (SSSR count). The highest BCUT2D eigenvalue weighted by atomic mass is 32.2. The van der Waals surface area contributed by atoms with Crippen molar-refractivity contribution >= 4 is 27.1 Å². The Morgan fingerprint density at radius 1 is 1.32 bits per heavy atom. The second-order valence-corrected chi connectivity index (χ2v) is 8.39. The van der Waals surface area contributed by atoms with Gasteiger partial charge in [0.2, 0.25) is 0 Å². The van der Waals surface area contributed by atoms with Crippen molar-refractivity contribution < 1.29 is 22.1 Å². The zero-order valence-corrected chi connectivity index (χ0v) is 16.7. The quantitative estimate of drug-likeness (QED) is 0.491. The average Bonchev–Trinajstić information content (AvgIpc) is 3.02. The predicted octanol–water partition coefficient (Wildman–Crippen LogP) is 3.11. The van der Waals surface area contributed by atoms with E-state index in [2.05, 4.69) is 10.1 Å². The third kappa shape index (κ3) is 2.65. The summed E-state index contributed by atoms with van der Waals surface area (Å²) in [7, 11) is -4.21. The lowest BCUT2D eigenvalue weighted by Crippen LogP contribution is -2.16. The van der Waals surface area contributed by atoms with Crippen LogP contribution in [0.3, 0.4) is 0 Å². The van der Waals surface area contributed by atoms with Crippen molar-refractivity contribution in [2.45, 2.75) is 38.5 Å². The first-order chi connectivity index (χ1) is 13.2. The molecule has 2 aromatic heterocycles. The smallest absolute Gasteiger partial charge is 0.342 e. The number of pyridine rings is 1. The summed E-state index contributed by atoms with van der Waals surface area (Å²) < 4.78 is 37.9. The molecule has 0 radical (unpaired) electrons. The Kier molecular flexibility index (Phi) is 4.15. The van der Waals surface area contributed by atoms with Crippen molar-refractivity contribution in [3.63, 3.8) is 0 Å². The minimum absolute atomic E-state index is 0.0231. The van der Waals surface area contributed by atoms with Crippen LogP contribution in [0.25, 0.3) is 16.7 Å². The van der Waals surface area contributed by atoms with Gasteiger partial charge >= 0.3 is 16.1 Å². The lowest BCUT2D eigenvalue weighted by Gasteiger charge is -2.13. The third-order valence-corrected chi connectivity index (χ3v) is 5.81. The maximum atomic E-state index is 13.0. The Bertz CT molecular complexity index is 1230. The van der Waals surface area contributed by atoms with E-state index >= 15 is 0 Å². The van der Waals surface area contributed by atoms with Crippen molar-refractivity contribution in [2.75, 3.05) is 6.61 Å². The number of carbonyl (C=O) groups is 1. The molecular formula is C19H19N3O5S. The van der Waals surface area contributed by atoms with Crippen LogP contribution in [0.5, 0.6) is 5.75 Å². The summed E-state index contributed by atoms with van der Waals surface area (Å²) in [6, 6.07) is 4.86. The summed E-state index contributed by atoms with van der Waals surface area (Å²) in [4.78, 5) is 17.1. The number of carbonyl (C=O) groups excluding carboxylic acids is 1. The fourth-order valence-electron chi connectivity index (χ4n) is 3.30. The van der Waals surface area contributed by atoms with Gasteiger partial charge in [-0.2, -0.15) is 13.5 Å². The number of hydrogen-bond acceptors (Lipinski definition) is 7. The lowest BCUT2D eigenvalue weighted by atomic mass is 10.0. The molecule has 0 atom stereocenters. The van der Waals surface area contributed by atoms with Crippen molar-refractivity contribution in [2.24, 2.45) is 0 Å². The number of aryl methyl sites for hydroxylation is 1. The standard InChI is InChI=1S/C19H19N3O5S/c1-5-26-19(23)15-13-9-20-18-16(15)17(10(2)3)21-22(18)12-8-11(4)6-7-14(12)28(24,25)27-13/h6-10H,5H2,1-4H3. The molecular weight excluding hydrogens is 382 g/mol. The molecule has 1 aromatic carbocycles. The molecule has 8 nitrogen and oxygen atoms in total. The molecule has 0 fully saturated rings. The number of fused-ring (bicyclic) bond motifs is 2. The number of benzene rings is 1.